The van der Waals surface area contributed by atoms with Crippen LogP contribution in [0.2, 0.25) is 0 Å². The molecule has 126 valence electrons. The van der Waals surface area contributed by atoms with Crippen LogP contribution >= 0.6 is 0 Å². The van der Waals surface area contributed by atoms with Crippen molar-refractivity contribution in [2.75, 3.05) is 14.2 Å². The highest BCUT2D eigenvalue weighted by Gasteiger charge is 2.31. The number of fused-ring (bicyclic) bond motifs is 1. The van der Waals surface area contributed by atoms with Crippen LogP contribution in [-0.4, -0.2) is 30.4 Å². The molecule has 1 atom stereocenters. The monoisotopic (exact) mass is 329 g/mol. The van der Waals surface area contributed by atoms with Crippen LogP contribution in [0.15, 0.2) is 42.5 Å². The maximum absolute atomic E-state index is 11.4. The highest BCUT2D eigenvalue weighted by atomic mass is 16.7. The Labute approximate surface area is 140 Å². The summed E-state index contributed by atoms with van der Waals surface area (Å²) in [6.45, 7) is 0.530. The Morgan fingerprint density at radius 3 is 2.62 bits per heavy atom. The summed E-state index contributed by atoms with van der Waals surface area (Å²) in [6.07, 6.45) is -0.0799. The third-order valence-corrected chi connectivity index (χ3v) is 4.02. The SMILES string of the molecule is COc1ccc(C(CC(=O)O)N2Cc3ccccc3O2)cc1OC. The normalized spacial score (nSPS) is 14.6. The number of carbonyl (C=O) groups is 1. The number of carboxylic acids is 1. The number of benzene rings is 2. The van der Waals surface area contributed by atoms with Crippen molar-refractivity contribution in [3.05, 3.63) is 53.6 Å². The van der Waals surface area contributed by atoms with Crippen LogP contribution in [0.5, 0.6) is 17.2 Å². The summed E-state index contributed by atoms with van der Waals surface area (Å²) in [5.41, 5.74) is 1.83. The zero-order chi connectivity index (χ0) is 17.1. The summed E-state index contributed by atoms with van der Waals surface area (Å²) >= 11 is 0. The minimum atomic E-state index is -0.894. The molecule has 6 nitrogen and oxygen atoms in total. The Morgan fingerprint density at radius 2 is 1.96 bits per heavy atom. The number of nitrogens with zero attached hydrogens (tertiary/aromatic N) is 1. The molecule has 1 aliphatic rings. The number of carboxylic acid groups (broad SMARTS) is 1. The molecular weight excluding hydrogens is 310 g/mol. The van der Waals surface area contributed by atoms with Crippen molar-refractivity contribution in [1.82, 2.24) is 5.06 Å². The Kier molecular flexibility index (Phi) is 4.57. The molecule has 0 spiro atoms. The molecule has 24 heavy (non-hydrogen) atoms. The lowest BCUT2D eigenvalue weighted by Crippen LogP contribution is -2.29. The molecule has 3 rings (SSSR count). The highest BCUT2D eigenvalue weighted by Crippen LogP contribution is 2.38. The molecule has 6 heteroatoms. The quantitative estimate of drug-likeness (QED) is 0.878. The molecule has 0 aromatic heterocycles. The minimum absolute atomic E-state index is 0.0799. The first-order valence-corrected chi connectivity index (χ1v) is 7.58. The fourth-order valence-corrected chi connectivity index (χ4v) is 2.84. The second-order valence-corrected chi connectivity index (χ2v) is 5.50. The van der Waals surface area contributed by atoms with E-state index in [9.17, 15) is 9.90 Å². The number of aliphatic carboxylic acids is 1. The van der Waals surface area contributed by atoms with E-state index in [1.807, 2.05) is 30.3 Å². The van der Waals surface area contributed by atoms with E-state index in [4.69, 9.17) is 14.3 Å². The summed E-state index contributed by atoms with van der Waals surface area (Å²) in [5.74, 6) is 1.02. The first kappa shape index (κ1) is 16.1. The molecule has 1 unspecified atom stereocenters. The largest absolute Gasteiger partial charge is 0.493 e. The second-order valence-electron chi connectivity index (χ2n) is 5.50. The maximum Gasteiger partial charge on any atom is 0.305 e. The number of para-hydroxylation sites is 1. The van der Waals surface area contributed by atoms with Crippen LogP contribution in [0, 0.1) is 0 Å². The van der Waals surface area contributed by atoms with Crippen molar-refractivity contribution < 1.29 is 24.2 Å². The zero-order valence-corrected chi connectivity index (χ0v) is 13.6. The van der Waals surface area contributed by atoms with E-state index in [0.29, 0.717) is 18.0 Å². The molecule has 0 radical (unpaired) electrons. The van der Waals surface area contributed by atoms with Crippen molar-refractivity contribution in [3.8, 4) is 17.2 Å². The van der Waals surface area contributed by atoms with E-state index in [-0.39, 0.29) is 6.42 Å². The number of methoxy groups -OCH3 is 2. The first-order chi connectivity index (χ1) is 11.6. The van der Waals surface area contributed by atoms with E-state index in [1.54, 1.807) is 31.4 Å². The highest BCUT2D eigenvalue weighted by molar-refractivity contribution is 5.68. The third-order valence-electron chi connectivity index (χ3n) is 4.02. The van der Waals surface area contributed by atoms with Crippen LogP contribution in [0.1, 0.15) is 23.6 Å². The predicted molar refractivity (Wildman–Crippen MR) is 87.2 cm³/mol. The van der Waals surface area contributed by atoms with Crippen LogP contribution in [0.25, 0.3) is 0 Å². The van der Waals surface area contributed by atoms with Gasteiger partial charge in [0.2, 0.25) is 0 Å². The van der Waals surface area contributed by atoms with Crippen LogP contribution < -0.4 is 14.3 Å². The van der Waals surface area contributed by atoms with E-state index in [1.165, 1.54) is 0 Å². The van der Waals surface area contributed by atoms with Gasteiger partial charge < -0.3 is 19.4 Å². The lowest BCUT2D eigenvalue weighted by Gasteiger charge is -2.26. The minimum Gasteiger partial charge on any atom is -0.493 e. The van der Waals surface area contributed by atoms with Crippen molar-refractivity contribution >= 4 is 5.97 Å². The van der Waals surface area contributed by atoms with Gasteiger partial charge in [-0.3, -0.25) is 4.79 Å². The van der Waals surface area contributed by atoms with E-state index in [0.717, 1.165) is 16.9 Å². The fourth-order valence-electron chi connectivity index (χ4n) is 2.84. The molecular formula is C18H19NO5. The summed E-state index contributed by atoms with van der Waals surface area (Å²) in [7, 11) is 3.11. The Hall–Kier alpha value is -2.73. The number of ether oxygens (including phenoxy) is 2. The molecule has 2 aromatic carbocycles. The molecule has 2 aromatic rings. The van der Waals surface area contributed by atoms with E-state index >= 15 is 0 Å². The molecule has 0 saturated heterocycles. The van der Waals surface area contributed by atoms with Gasteiger partial charge in [0, 0.05) is 5.56 Å². The van der Waals surface area contributed by atoms with Crippen molar-refractivity contribution in [3.63, 3.8) is 0 Å². The molecule has 0 bridgehead atoms. The van der Waals surface area contributed by atoms with Crippen LogP contribution in [-0.2, 0) is 11.3 Å². The molecule has 1 aliphatic heterocycles. The van der Waals surface area contributed by atoms with Gasteiger partial charge in [0.05, 0.1) is 33.2 Å². The average molecular weight is 329 g/mol. The van der Waals surface area contributed by atoms with E-state index < -0.39 is 12.0 Å². The summed E-state index contributed by atoms with van der Waals surface area (Å²) in [6, 6.07) is 12.6. The Balaban J connectivity index is 1.92. The van der Waals surface area contributed by atoms with Crippen molar-refractivity contribution in [2.24, 2.45) is 0 Å². The smallest absolute Gasteiger partial charge is 0.305 e. The standard InChI is InChI=1S/C18H19NO5/c1-22-16-8-7-12(9-17(16)23-2)14(10-18(20)21)19-11-13-5-3-4-6-15(13)24-19/h3-9,14H,10-11H2,1-2H3,(H,20,21). The number of hydroxylamine groups is 2. The molecule has 0 saturated carbocycles. The molecule has 1 heterocycles. The second kappa shape index (κ2) is 6.80. The number of hydrogen-bond acceptors (Lipinski definition) is 5. The molecule has 0 aliphatic carbocycles. The summed E-state index contributed by atoms with van der Waals surface area (Å²) in [4.78, 5) is 17.2. The van der Waals surface area contributed by atoms with Gasteiger partial charge in [-0.05, 0) is 23.8 Å². The van der Waals surface area contributed by atoms with Crippen molar-refractivity contribution in [2.45, 2.75) is 19.0 Å². The van der Waals surface area contributed by atoms with Gasteiger partial charge in [0.15, 0.2) is 17.2 Å². The Morgan fingerprint density at radius 1 is 1.21 bits per heavy atom. The van der Waals surface area contributed by atoms with Crippen molar-refractivity contribution in [1.29, 1.82) is 0 Å². The number of hydrogen-bond donors (Lipinski definition) is 1. The molecule has 1 N–H and O–H groups in total. The van der Waals surface area contributed by atoms with E-state index in [2.05, 4.69) is 0 Å². The van der Waals surface area contributed by atoms with Gasteiger partial charge in [0.25, 0.3) is 0 Å². The zero-order valence-electron chi connectivity index (χ0n) is 13.6. The Bertz CT molecular complexity index is 721. The fraction of sp³-hybridized carbons (Fsp3) is 0.278. The maximum atomic E-state index is 11.4. The van der Waals surface area contributed by atoms with Crippen LogP contribution in [0.4, 0.5) is 0 Å². The van der Waals surface area contributed by atoms with Gasteiger partial charge in [-0.2, -0.15) is 0 Å². The average Bonchev–Trinajstić information content (AvgIpc) is 3.02. The summed E-state index contributed by atoms with van der Waals surface area (Å²) in [5, 5.41) is 11.0. The molecule has 0 amide bonds. The molecule has 0 fully saturated rings. The van der Waals surface area contributed by atoms with Gasteiger partial charge in [0.1, 0.15) is 0 Å². The topological polar surface area (TPSA) is 68.2 Å². The van der Waals surface area contributed by atoms with Gasteiger partial charge in [-0.1, -0.05) is 24.3 Å². The lowest BCUT2D eigenvalue weighted by molar-refractivity contribution is -0.144. The summed E-state index contributed by atoms with van der Waals surface area (Å²) < 4.78 is 10.6. The number of rotatable bonds is 6. The van der Waals surface area contributed by atoms with Crippen LogP contribution in [0.3, 0.4) is 0 Å². The van der Waals surface area contributed by atoms with Gasteiger partial charge in [-0.15, -0.1) is 5.06 Å². The van der Waals surface area contributed by atoms with Gasteiger partial charge >= 0.3 is 5.97 Å². The predicted octanol–water partition coefficient (Wildman–Crippen LogP) is 3.03. The first-order valence-electron chi connectivity index (χ1n) is 7.58. The third kappa shape index (κ3) is 3.14. The van der Waals surface area contributed by atoms with Gasteiger partial charge in [-0.25, -0.2) is 0 Å². The lowest BCUT2D eigenvalue weighted by atomic mass is 10.0.